The highest BCUT2D eigenvalue weighted by atomic mass is 32.2. The maximum absolute atomic E-state index is 7.25. The molecule has 1 aromatic heterocycles. The number of hydrogen-bond acceptors (Lipinski definition) is 3. The molecule has 4 heteroatoms. The number of thioether (sulfide) groups is 1. The van der Waals surface area contributed by atoms with Crippen molar-refractivity contribution < 1.29 is 0 Å². The molecular weight excluding hydrogens is 290 g/mol. The van der Waals surface area contributed by atoms with Gasteiger partial charge in [0.05, 0.1) is 5.84 Å². The Morgan fingerprint density at radius 2 is 2.00 bits per heavy atom. The molecule has 116 valence electrons. The number of hydrogen-bond donors (Lipinski definition) is 2. The van der Waals surface area contributed by atoms with E-state index in [-0.39, 0.29) is 5.84 Å². The van der Waals surface area contributed by atoms with Crippen LogP contribution in [0.3, 0.4) is 0 Å². The van der Waals surface area contributed by atoms with Gasteiger partial charge in [0.2, 0.25) is 0 Å². The summed E-state index contributed by atoms with van der Waals surface area (Å²) in [6.07, 6.45) is 5.57. The Morgan fingerprint density at radius 1 is 1.23 bits per heavy atom. The van der Waals surface area contributed by atoms with E-state index in [2.05, 4.69) is 42.2 Å². The number of nitrogens with two attached hydrogens (primary N) is 1. The average molecular weight is 313 g/mol. The van der Waals surface area contributed by atoms with E-state index >= 15 is 0 Å². The summed E-state index contributed by atoms with van der Waals surface area (Å²) in [5.41, 5.74) is 9.09. The molecule has 2 aromatic rings. The van der Waals surface area contributed by atoms with Crippen LogP contribution in [-0.4, -0.2) is 16.6 Å². The van der Waals surface area contributed by atoms with Gasteiger partial charge in [-0.2, -0.15) is 0 Å². The molecule has 0 saturated carbocycles. The van der Waals surface area contributed by atoms with Crippen molar-refractivity contribution >= 4 is 17.6 Å². The van der Waals surface area contributed by atoms with Crippen LogP contribution in [0.15, 0.2) is 47.6 Å². The summed E-state index contributed by atoms with van der Waals surface area (Å²) in [7, 11) is 0. The quantitative estimate of drug-likeness (QED) is 0.428. The van der Waals surface area contributed by atoms with E-state index in [4.69, 9.17) is 11.1 Å². The molecule has 0 aliphatic carbocycles. The highest BCUT2D eigenvalue weighted by Gasteiger charge is 2.06. The molecule has 3 N–H and O–H groups in total. The molecule has 0 aliphatic heterocycles. The highest BCUT2D eigenvalue weighted by Crippen LogP contribution is 2.30. The second kappa shape index (κ2) is 8.59. The lowest BCUT2D eigenvalue weighted by Crippen LogP contribution is -2.09. The van der Waals surface area contributed by atoms with Crippen molar-refractivity contribution in [1.82, 2.24) is 4.98 Å². The zero-order valence-corrected chi connectivity index (χ0v) is 13.8. The monoisotopic (exact) mass is 313 g/mol. The third-order valence-corrected chi connectivity index (χ3v) is 4.60. The van der Waals surface area contributed by atoms with Gasteiger partial charge in [-0.25, -0.2) is 4.98 Å². The predicted octanol–water partition coefficient (Wildman–Crippen LogP) is 4.51. The van der Waals surface area contributed by atoms with Gasteiger partial charge in [0.25, 0.3) is 0 Å². The van der Waals surface area contributed by atoms with Crippen LogP contribution in [0, 0.1) is 5.41 Å². The van der Waals surface area contributed by atoms with Crippen LogP contribution in [0.4, 0.5) is 0 Å². The molecule has 0 unspecified atom stereocenters. The molecule has 0 atom stereocenters. The zero-order chi connectivity index (χ0) is 15.8. The lowest BCUT2D eigenvalue weighted by Gasteiger charge is -2.09. The molecule has 1 aromatic carbocycles. The van der Waals surface area contributed by atoms with Crippen LogP contribution in [0.5, 0.6) is 0 Å². The molecule has 2 rings (SSSR count). The third-order valence-electron chi connectivity index (χ3n) is 3.39. The van der Waals surface area contributed by atoms with Gasteiger partial charge in [0, 0.05) is 18.2 Å². The van der Waals surface area contributed by atoms with Crippen molar-refractivity contribution in [3.05, 3.63) is 48.2 Å². The fourth-order valence-corrected chi connectivity index (χ4v) is 3.13. The molecule has 1 heterocycles. The molecule has 0 bridgehead atoms. The molecular formula is C18H23N3S. The highest BCUT2D eigenvalue weighted by molar-refractivity contribution is 7.99. The third kappa shape index (κ3) is 4.88. The first-order chi connectivity index (χ1) is 10.7. The smallest absolute Gasteiger partial charge is 0.104 e. The van der Waals surface area contributed by atoms with Crippen molar-refractivity contribution in [3.63, 3.8) is 0 Å². The number of rotatable bonds is 8. The normalized spacial score (nSPS) is 10.6. The summed E-state index contributed by atoms with van der Waals surface area (Å²) >= 11 is 1.81. The van der Waals surface area contributed by atoms with E-state index in [1.807, 2.05) is 24.0 Å². The molecule has 0 spiro atoms. The number of nitrogens with zero attached hydrogens (tertiary/aromatic N) is 1. The van der Waals surface area contributed by atoms with Crippen molar-refractivity contribution in [2.75, 3.05) is 5.75 Å². The van der Waals surface area contributed by atoms with Crippen LogP contribution in [0.1, 0.15) is 31.7 Å². The van der Waals surface area contributed by atoms with Gasteiger partial charge in [0.15, 0.2) is 0 Å². The fraction of sp³-hybridized carbons (Fsp3) is 0.333. The first-order valence-corrected chi connectivity index (χ1v) is 8.69. The van der Waals surface area contributed by atoms with Crippen LogP contribution in [-0.2, 0) is 6.42 Å². The minimum atomic E-state index is 0.268. The Kier molecular flexibility index (Phi) is 6.46. The fourth-order valence-electron chi connectivity index (χ4n) is 2.26. The number of nitrogens with one attached hydrogen (secondary N) is 1. The summed E-state index contributed by atoms with van der Waals surface area (Å²) in [5, 5.41) is 8.36. The number of benzene rings is 1. The van der Waals surface area contributed by atoms with Crippen molar-refractivity contribution in [2.24, 2.45) is 5.73 Å². The molecule has 0 saturated heterocycles. The lowest BCUT2D eigenvalue weighted by atomic mass is 10.0. The number of amidine groups is 1. The largest absolute Gasteiger partial charge is 0.388 e. The van der Waals surface area contributed by atoms with Crippen LogP contribution >= 0.6 is 11.8 Å². The van der Waals surface area contributed by atoms with Crippen LogP contribution < -0.4 is 5.73 Å². The first-order valence-electron chi connectivity index (χ1n) is 7.70. The molecule has 0 amide bonds. The summed E-state index contributed by atoms with van der Waals surface area (Å²) in [6.45, 7) is 2.19. The average Bonchev–Trinajstić information content (AvgIpc) is 2.53. The number of pyridine rings is 1. The Morgan fingerprint density at radius 3 is 2.68 bits per heavy atom. The molecule has 0 fully saturated rings. The first kappa shape index (κ1) is 16.6. The van der Waals surface area contributed by atoms with Gasteiger partial charge >= 0.3 is 0 Å². The Bertz CT molecular complexity index is 608. The summed E-state index contributed by atoms with van der Waals surface area (Å²) < 4.78 is 0. The SMILES string of the molecule is CCCSc1ncccc1-c1ccc(CCCC(=N)N)cc1. The Balaban J connectivity index is 2.08. The standard InChI is InChI=1S/C18H23N3S/c1-2-13-22-18-16(6-4-12-21-18)15-10-8-14(9-11-15)5-3-7-17(19)20/h4,6,8-12H,2-3,5,7,13H2,1H3,(H3,19,20). The van der Waals surface area contributed by atoms with Gasteiger partial charge in [0.1, 0.15) is 5.03 Å². The predicted molar refractivity (Wildman–Crippen MR) is 95.5 cm³/mol. The van der Waals surface area contributed by atoms with E-state index in [9.17, 15) is 0 Å². The Hall–Kier alpha value is -1.81. The molecule has 0 aliphatic rings. The van der Waals surface area contributed by atoms with Crippen molar-refractivity contribution in [2.45, 2.75) is 37.6 Å². The van der Waals surface area contributed by atoms with E-state index < -0.39 is 0 Å². The van der Waals surface area contributed by atoms with E-state index in [0.717, 1.165) is 30.0 Å². The lowest BCUT2D eigenvalue weighted by molar-refractivity contribution is 0.857. The summed E-state index contributed by atoms with van der Waals surface area (Å²) in [4.78, 5) is 4.51. The van der Waals surface area contributed by atoms with Gasteiger partial charge in [-0.3, -0.25) is 5.41 Å². The van der Waals surface area contributed by atoms with Crippen molar-refractivity contribution in [3.8, 4) is 11.1 Å². The van der Waals surface area contributed by atoms with Crippen molar-refractivity contribution in [1.29, 1.82) is 5.41 Å². The second-order valence-electron chi connectivity index (χ2n) is 5.28. The van der Waals surface area contributed by atoms with Gasteiger partial charge in [-0.05, 0) is 42.2 Å². The van der Waals surface area contributed by atoms with E-state index in [1.165, 1.54) is 16.7 Å². The molecule has 0 radical (unpaired) electrons. The minimum Gasteiger partial charge on any atom is -0.388 e. The van der Waals surface area contributed by atoms with E-state index in [0.29, 0.717) is 6.42 Å². The van der Waals surface area contributed by atoms with Gasteiger partial charge < -0.3 is 5.73 Å². The van der Waals surface area contributed by atoms with E-state index in [1.54, 1.807) is 0 Å². The van der Waals surface area contributed by atoms with Gasteiger partial charge in [-0.1, -0.05) is 37.3 Å². The summed E-state index contributed by atoms with van der Waals surface area (Å²) in [5.74, 6) is 1.36. The Labute approximate surface area is 136 Å². The maximum Gasteiger partial charge on any atom is 0.104 e. The number of aromatic nitrogens is 1. The second-order valence-corrected chi connectivity index (χ2v) is 6.36. The van der Waals surface area contributed by atoms with Gasteiger partial charge in [-0.15, -0.1) is 11.8 Å². The zero-order valence-electron chi connectivity index (χ0n) is 13.0. The molecule has 3 nitrogen and oxygen atoms in total. The summed E-state index contributed by atoms with van der Waals surface area (Å²) in [6, 6.07) is 12.8. The molecule has 22 heavy (non-hydrogen) atoms. The van der Waals surface area contributed by atoms with Crippen LogP contribution in [0.25, 0.3) is 11.1 Å². The topological polar surface area (TPSA) is 62.8 Å². The minimum absolute atomic E-state index is 0.268. The van der Waals surface area contributed by atoms with Crippen LogP contribution in [0.2, 0.25) is 0 Å². The maximum atomic E-state index is 7.25. The number of aryl methyl sites for hydroxylation is 1.